The Kier molecular flexibility index (Phi) is 7.82. The minimum atomic E-state index is -0.374. The van der Waals surface area contributed by atoms with E-state index in [1.807, 2.05) is 30.3 Å². The molecule has 33 heavy (non-hydrogen) atoms. The van der Waals surface area contributed by atoms with Gasteiger partial charge in [0, 0.05) is 50.3 Å². The highest BCUT2D eigenvalue weighted by molar-refractivity contribution is 6.35. The van der Waals surface area contributed by atoms with Gasteiger partial charge in [-0.1, -0.05) is 70.7 Å². The molecular weight excluding hydrogens is 503 g/mol. The fraction of sp³-hybridized carbons (Fsp3) is 0.160. The van der Waals surface area contributed by atoms with Crippen LogP contribution in [0.3, 0.4) is 0 Å². The van der Waals surface area contributed by atoms with Gasteiger partial charge in [0.25, 0.3) is 0 Å². The van der Waals surface area contributed by atoms with Crippen molar-refractivity contribution in [3.8, 4) is 0 Å². The third-order valence-corrected chi connectivity index (χ3v) is 6.40. The lowest BCUT2D eigenvalue weighted by molar-refractivity contribution is 0.637. The predicted molar refractivity (Wildman–Crippen MR) is 139 cm³/mol. The largest absolute Gasteiger partial charge is 0.384 e. The monoisotopic (exact) mass is 521 g/mol. The summed E-state index contributed by atoms with van der Waals surface area (Å²) in [7, 11) is 0. The summed E-state index contributed by atoms with van der Waals surface area (Å²) in [5, 5.41) is 9.81. The fourth-order valence-corrected chi connectivity index (χ4v) is 4.56. The molecule has 0 aliphatic heterocycles. The van der Waals surface area contributed by atoms with Crippen LogP contribution in [0, 0.1) is 5.82 Å². The van der Waals surface area contributed by atoms with Crippen molar-refractivity contribution in [2.24, 2.45) is 0 Å². The highest BCUT2D eigenvalue weighted by Gasteiger charge is 2.10. The average molecular weight is 523 g/mol. The molecule has 1 aromatic heterocycles. The van der Waals surface area contributed by atoms with Crippen molar-refractivity contribution in [3.63, 3.8) is 0 Å². The lowest BCUT2D eigenvalue weighted by Crippen LogP contribution is -2.10. The molecular formula is C25H20Cl4FN3. The zero-order valence-electron chi connectivity index (χ0n) is 17.4. The molecule has 0 spiro atoms. The van der Waals surface area contributed by atoms with Gasteiger partial charge in [-0.15, -0.1) is 0 Å². The number of para-hydroxylation sites is 1. The van der Waals surface area contributed by atoms with Gasteiger partial charge in [-0.05, 0) is 54.3 Å². The maximum absolute atomic E-state index is 14.5. The number of aromatic nitrogens is 1. The quantitative estimate of drug-likeness (QED) is 0.244. The van der Waals surface area contributed by atoms with Crippen LogP contribution >= 0.6 is 46.4 Å². The number of hydrogen-bond donors (Lipinski definition) is 2. The molecule has 0 aliphatic rings. The molecule has 0 fully saturated rings. The van der Waals surface area contributed by atoms with Crippen molar-refractivity contribution in [2.45, 2.75) is 12.8 Å². The Balaban J connectivity index is 1.50. The summed E-state index contributed by atoms with van der Waals surface area (Å²) in [6.45, 7) is 1.19. The predicted octanol–water partition coefficient (Wildman–Crippen LogP) is 8.30. The highest BCUT2D eigenvalue weighted by Crippen LogP contribution is 2.28. The summed E-state index contributed by atoms with van der Waals surface area (Å²) in [5.41, 5.74) is 3.05. The Morgan fingerprint density at radius 2 is 1.33 bits per heavy atom. The second-order valence-electron chi connectivity index (χ2n) is 7.52. The number of nitrogens with one attached hydrogen (secondary N) is 2. The molecule has 0 saturated carbocycles. The first-order chi connectivity index (χ1) is 15.9. The molecule has 0 aliphatic carbocycles. The van der Waals surface area contributed by atoms with Gasteiger partial charge in [0.2, 0.25) is 0 Å². The van der Waals surface area contributed by atoms with Crippen LogP contribution in [0.4, 0.5) is 15.9 Å². The minimum Gasteiger partial charge on any atom is -0.384 e. The molecule has 8 heteroatoms. The summed E-state index contributed by atoms with van der Waals surface area (Å²) in [4.78, 5) is 4.48. The molecule has 0 radical (unpaired) electrons. The smallest absolute Gasteiger partial charge is 0.149 e. The molecule has 0 bridgehead atoms. The number of hydrogen-bond acceptors (Lipinski definition) is 3. The van der Waals surface area contributed by atoms with Crippen LogP contribution in [-0.2, 0) is 12.8 Å². The van der Waals surface area contributed by atoms with Crippen molar-refractivity contribution >= 4 is 68.8 Å². The number of benzene rings is 3. The highest BCUT2D eigenvalue weighted by atomic mass is 35.5. The lowest BCUT2D eigenvalue weighted by Gasteiger charge is -2.14. The van der Waals surface area contributed by atoms with Gasteiger partial charge >= 0.3 is 0 Å². The van der Waals surface area contributed by atoms with Crippen LogP contribution in [0.1, 0.15) is 11.1 Å². The molecule has 2 N–H and O–H groups in total. The molecule has 1 heterocycles. The van der Waals surface area contributed by atoms with E-state index in [1.54, 1.807) is 24.3 Å². The Bertz CT molecular complexity index is 1300. The molecule has 3 aromatic carbocycles. The van der Waals surface area contributed by atoms with E-state index < -0.39 is 0 Å². The van der Waals surface area contributed by atoms with Crippen LogP contribution in [0.2, 0.25) is 20.1 Å². The van der Waals surface area contributed by atoms with Gasteiger partial charge < -0.3 is 10.6 Å². The van der Waals surface area contributed by atoms with Crippen molar-refractivity contribution in [1.82, 2.24) is 4.98 Å². The van der Waals surface area contributed by atoms with Crippen molar-refractivity contribution in [2.75, 3.05) is 23.7 Å². The maximum atomic E-state index is 14.5. The van der Waals surface area contributed by atoms with Gasteiger partial charge in [-0.2, -0.15) is 0 Å². The Morgan fingerprint density at radius 3 is 1.94 bits per heavy atom. The van der Waals surface area contributed by atoms with E-state index in [-0.39, 0.29) is 5.82 Å². The van der Waals surface area contributed by atoms with Crippen LogP contribution in [-0.4, -0.2) is 18.1 Å². The van der Waals surface area contributed by atoms with Gasteiger partial charge in [0.05, 0.1) is 0 Å². The minimum absolute atomic E-state index is 0.305. The van der Waals surface area contributed by atoms with E-state index in [0.717, 1.165) is 16.8 Å². The number of fused-ring (bicyclic) bond motifs is 1. The summed E-state index contributed by atoms with van der Waals surface area (Å²) in [6.07, 6.45) is 1.36. The first kappa shape index (κ1) is 23.9. The molecule has 170 valence electrons. The Morgan fingerprint density at radius 1 is 0.727 bits per heavy atom. The Hall–Kier alpha value is -2.24. The Labute approximate surface area is 211 Å². The molecule has 0 saturated heterocycles. The SMILES string of the molecule is Fc1cccc2c(NCCc3ccc(Cl)cc3Cl)cc(NCCc3ccc(Cl)cc3Cl)nc12. The van der Waals surface area contributed by atoms with E-state index in [1.165, 1.54) is 6.07 Å². The van der Waals surface area contributed by atoms with E-state index in [0.29, 0.717) is 62.7 Å². The van der Waals surface area contributed by atoms with Gasteiger partial charge in [-0.3, -0.25) is 0 Å². The summed E-state index contributed by atoms with van der Waals surface area (Å²) < 4.78 is 14.5. The summed E-state index contributed by atoms with van der Waals surface area (Å²) in [5.74, 6) is 0.199. The normalized spacial score (nSPS) is 11.1. The number of nitrogens with zero attached hydrogens (tertiary/aromatic N) is 1. The number of halogens is 5. The third-order valence-electron chi connectivity index (χ3n) is 5.23. The molecule has 4 aromatic rings. The van der Waals surface area contributed by atoms with Crippen molar-refractivity contribution in [3.05, 3.63) is 97.7 Å². The second-order valence-corrected chi connectivity index (χ2v) is 9.20. The topological polar surface area (TPSA) is 37.0 Å². The van der Waals surface area contributed by atoms with E-state index in [4.69, 9.17) is 46.4 Å². The number of anilines is 2. The van der Waals surface area contributed by atoms with Gasteiger partial charge in [-0.25, -0.2) is 9.37 Å². The van der Waals surface area contributed by atoms with E-state index >= 15 is 0 Å². The third kappa shape index (κ3) is 6.01. The lowest BCUT2D eigenvalue weighted by atomic mass is 10.1. The van der Waals surface area contributed by atoms with Crippen LogP contribution < -0.4 is 10.6 Å². The molecule has 4 rings (SSSR count). The molecule has 0 amide bonds. The molecule has 0 unspecified atom stereocenters. The van der Waals surface area contributed by atoms with Crippen LogP contribution in [0.5, 0.6) is 0 Å². The summed E-state index contributed by atoms with van der Waals surface area (Å²) >= 11 is 24.5. The number of pyridine rings is 1. The fourth-order valence-electron chi connectivity index (χ4n) is 3.56. The van der Waals surface area contributed by atoms with Crippen molar-refractivity contribution in [1.29, 1.82) is 0 Å². The van der Waals surface area contributed by atoms with Crippen LogP contribution in [0.15, 0.2) is 60.7 Å². The van der Waals surface area contributed by atoms with E-state index in [9.17, 15) is 4.39 Å². The van der Waals surface area contributed by atoms with E-state index in [2.05, 4.69) is 15.6 Å². The van der Waals surface area contributed by atoms with Crippen molar-refractivity contribution < 1.29 is 4.39 Å². The first-order valence-electron chi connectivity index (χ1n) is 10.4. The molecule has 3 nitrogen and oxygen atoms in total. The molecule has 0 atom stereocenters. The number of rotatable bonds is 8. The van der Waals surface area contributed by atoms with Crippen LogP contribution in [0.25, 0.3) is 10.9 Å². The zero-order chi connectivity index (χ0) is 23.4. The standard InChI is InChI=1S/C25H20Cl4FN3/c26-17-6-4-15(20(28)12-17)8-10-31-23-14-24(33-25-19(23)2-1-3-22(25)30)32-11-9-16-5-7-18(27)13-21(16)29/h1-7,12-14H,8-11H2,(H2,31,32,33). The second kappa shape index (κ2) is 10.8. The van der Waals surface area contributed by atoms with Gasteiger partial charge in [0.1, 0.15) is 17.2 Å². The first-order valence-corrected chi connectivity index (χ1v) is 11.9. The van der Waals surface area contributed by atoms with Gasteiger partial charge in [0.15, 0.2) is 0 Å². The average Bonchev–Trinajstić information content (AvgIpc) is 2.77. The zero-order valence-corrected chi connectivity index (χ0v) is 20.5. The summed E-state index contributed by atoms with van der Waals surface area (Å²) in [6, 6.07) is 17.7. The maximum Gasteiger partial charge on any atom is 0.149 e.